The van der Waals surface area contributed by atoms with Crippen LogP contribution < -0.4 is 5.32 Å². The highest BCUT2D eigenvalue weighted by atomic mass is 32.1. The largest absolute Gasteiger partial charge is 0.462 e. The molecule has 2 heterocycles. The number of carbonyl (C=O) groups is 3. The first-order valence-electron chi connectivity index (χ1n) is 12.2. The summed E-state index contributed by atoms with van der Waals surface area (Å²) in [6, 6.07) is 14.1. The number of hydrogen-bond donors (Lipinski definition) is 1. The molecule has 1 unspecified atom stereocenters. The predicted octanol–water partition coefficient (Wildman–Crippen LogP) is 5.80. The van der Waals surface area contributed by atoms with Gasteiger partial charge in [-0.05, 0) is 69.4 Å². The third kappa shape index (κ3) is 4.99. The fraction of sp³-hybridized carbons (Fsp3) is 0.286. The number of aryl methyl sites for hydroxylation is 1. The molecule has 1 N–H and O–H groups in total. The van der Waals surface area contributed by atoms with Crippen molar-refractivity contribution in [1.82, 2.24) is 4.98 Å². The maximum atomic E-state index is 13.1. The van der Waals surface area contributed by atoms with E-state index in [0.717, 1.165) is 36.1 Å². The number of anilines is 1. The van der Waals surface area contributed by atoms with Gasteiger partial charge in [-0.25, -0.2) is 14.6 Å². The Morgan fingerprint density at radius 2 is 1.81 bits per heavy atom. The Labute approximate surface area is 217 Å². The van der Waals surface area contributed by atoms with E-state index in [1.807, 2.05) is 18.2 Å². The van der Waals surface area contributed by atoms with E-state index in [-0.39, 0.29) is 18.1 Å². The van der Waals surface area contributed by atoms with Crippen LogP contribution in [0.3, 0.4) is 0 Å². The fourth-order valence-electron chi connectivity index (χ4n) is 4.40. The molecule has 8 nitrogen and oxygen atoms in total. The second-order valence-corrected chi connectivity index (χ2v) is 9.81. The van der Waals surface area contributed by atoms with Crippen LogP contribution >= 0.6 is 11.3 Å². The summed E-state index contributed by atoms with van der Waals surface area (Å²) >= 11 is 1.38. The van der Waals surface area contributed by atoms with E-state index in [9.17, 15) is 14.4 Å². The van der Waals surface area contributed by atoms with Gasteiger partial charge in [0.25, 0.3) is 5.91 Å². The van der Waals surface area contributed by atoms with E-state index < -0.39 is 23.9 Å². The number of rotatable bonds is 7. The first-order chi connectivity index (χ1) is 18.0. The topological polar surface area (TPSA) is 108 Å². The number of benzene rings is 2. The zero-order valence-corrected chi connectivity index (χ0v) is 21.4. The summed E-state index contributed by atoms with van der Waals surface area (Å²) in [7, 11) is 0. The Kier molecular flexibility index (Phi) is 7.05. The van der Waals surface area contributed by atoms with Crippen LogP contribution in [0.1, 0.15) is 57.8 Å². The van der Waals surface area contributed by atoms with Crippen molar-refractivity contribution in [2.45, 2.75) is 45.6 Å². The summed E-state index contributed by atoms with van der Waals surface area (Å²) < 4.78 is 16.6. The number of carbonyl (C=O) groups excluding carboxylic acids is 3. The van der Waals surface area contributed by atoms with Crippen molar-refractivity contribution >= 4 is 45.3 Å². The first kappa shape index (κ1) is 24.7. The molecule has 1 aliphatic rings. The number of para-hydroxylation sites is 2. The molecule has 0 bridgehead atoms. The summed E-state index contributed by atoms with van der Waals surface area (Å²) in [5, 5.41) is 3.23. The second kappa shape index (κ2) is 10.6. The fourth-order valence-corrected chi connectivity index (χ4v) is 5.68. The van der Waals surface area contributed by atoms with Gasteiger partial charge in [0.15, 0.2) is 11.7 Å². The highest BCUT2D eigenvalue weighted by Gasteiger charge is 2.29. The van der Waals surface area contributed by atoms with Crippen LogP contribution in [0.4, 0.5) is 5.00 Å². The van der Waals surface area contributed by atoms with Crippen molar-refractivity contribution in [2.75, 3.05) is 11.9 Å². The van der Waals surface area contributed by atoms with E-state index in [0.29, 0.717) is 27.2 Å². The summed E-state index contributed by atoms with van der Waals surface area (Å²) in [4.78, 5) is 44.4. The smallest absolute Gasteiger partial charge is 0.341 e. The van der Waals surface area contributed by atoms with Gasteiger partial charge < -0.3 is 19.2 Å². The molecule has 0 radical (unpaired) electrons. The van der Waals surface area contributed by atoms with Gasteiger partial charge in [-0.3, -0.25) is 4.79 Å². The van der Waals surface area contributed by atoms with Gasteiger partial charge >= 0.3 is 11.9 Å². The van der Waals surface area contributed by atoms with Crippen LogP contribution in [0.15, 0.2) is 52.9 Å². The molecule has 1 atom stereocenters. The summed E-state index contributed by atoms with van der Waals surface area (Å²) in [6.07, 6.45) is 2.54. The number of nitrogens with zero attached hydrogens (tertiary/aromatic N) is 1. The van der Waals surface area contributed by atoms with E-state index in [2.05, 4.69) is 10.3 Å². The molecule has 0 fully saturated rings. The van der Waals surface area contributed by atoms with Crippen molar-refractivity contribution < 1.29 is 28.3 Å². The molecule has 9 heteroatoms. The van der Waals surface area contributed by atoms with Crippen molar-refractivity contribution in [3.63, 3.8) is 0 Å². The zero-order chi connectivity index (χ0) is 25.9. The third-order valence-corrected chi connectivity index (χ3v) is 7.42. The molecule has 4 aromatic rings. The number of ether oxygens (including phenoxy) is 2. The molecule has 0 spiro atoms. The average molecular weight is 519 g/mol. The Hall–Kier alpha value is -3.98. The molecule has 2 aromatic carbocycles. The Morgan fingerprint density at radius 3 is 2.62 bits per heavy atom. The predicted molar refractivity (Wildman–Crippen MR) is 140 cm³/mol. The Morgan fingerprint density at radius 1 is 1.05 bits per heavy atom. The summed E-state index contributed by atoms with van der Waals surface area (Å²) in [5.74, 6) is -1.38. The van der Waals surface area contributed by atoms with Crippen molar-refractivity contribution in [3.05, 3.63) is 70.1 Å². The minimum Gasteiger partial charge on any atom is -0.462 e. The quantitative estimate of drug-likeness (QED) is 0.308. The summed E-state index contributed by atoms with van der Waals surface area (Å²) in [6.45, 7) is 3.48. The summed E-state index contributed by atoms with van der Waals surface area (Å²) in [5.41, 5.74) is 3.32. The molecule has 1 aliphatic carbocycles. The normalized spacial score (nSPS) is 13.6. The van der Waals surface area contributed by atoms with Crippen LogP contribution in [-0.2, 0) is 27.1 Å². The molecule has 2 aromatic heterocycles. The maximum absolute atomic E-state index is 13.1. The van der Waals surface area contributed by atoms with Crippen molar-refractivity contribution in [2.24, 2.45) is 0 Å². The lowest BCUT2D eigenvalue weighted by atomic mass is 9.95. The lowest BCUT2D eigenvalue weighted by molar-refractivity contribution is -0.123. The van der Waals surface area contributed by atoms with Crippen LogP contribution in [0.5, 0.6) is 0 Å². The number of nitrogens with one attached hydrogen (secondary N) is 1. The van der Waals surface area contributed by atoms with E-state index in [1.54, 1.807) is 37.3 Å². The first-order valence-corrected chi connectivity index (χ1v) is 13.1. The zero-order valence-electron chi connectivity index (χ0n) is 20.5. The van der Waals surface area contributed by atoms with E-state index in [4.69, 9.17) is 13.9 Å². The van der Waals surface area contributed by atoms with Gasteiger partial charge in [-0.15, -0.1) is 11.3 Å². The van der Waals surface area contributed by atoms with Crippen LogP contribution in [0, 0.1) is 0 Å². The minimum absolute atomic E-state index is 0.229. The SMILES string of the molecule is CCOC(=O)c1c(NC(=O)C(C)OC(=O)c2ccccc2-c2nc3ccccc3o2)sc2c1CCCC2. The second-order valence-electron chi connectivity index (χ2n) is 8.70. The molecule has 190 valence electrons. The molecule has 0 saturated heterocycles. The lowest BCUT2D eigenvalue weighted by Gasteiger charge is -2.15. The highest BCUT2D eigenvalue weighted by Crippen LogP contribution is 2.38. The standard InChI is InChI=1S/C28H26N2O6S/c1-3-34-28(33)23-19-12-6-9-15-22(19)37-26(23)30-24(31)16(2)35-27(32)18-11-5-4-10-17(18)25-29-20-13-7-8-14-21(20)36-25/h4-5,7-8,10-11,13-14,16H,3,6,9,12,15H2,1-2H3,(H,30,31). The number of fused-ring (bicyclic) bond motifs is 2. The minimum atomic E-state index is -1.11. The molecule has 37 heavy (non-hydrogen) atoms. The monoisotopic (exact) mass is 518 g/mol. The Balaban J connectivity index is 1.34. The highest BCUT2D eigenvalue weighted by molar-refractivity contribution is 7.17. The van der Waals surface area contributed by atoms with Crippen LogP contribution in [0.2, 0.25) is 0 Å². The van der Waals surface area contributed by atoms with Crippen LogP contribution in [0.25, 0.3) is 22.6 Å². The molecule has 1 amide bonds. The molecule has 5 rings (SSSR count). The lowest BCUT2D eigenvalue weighted by Crippen LogP contribution is -2.30. The van der Waals surface area contributed by atoms with Crippen molar-refractivity contribution in [3.8, 4) is 11.5 Å². The molecular formula is C28H26N2O6S. The van der Waals surface area contributed by atoms with Gasteiger partial charge in [0.05, 0.1) is 23.3 Å². The molecular weight excluding hydrogens is 492 g/mol. The van der Waals surface area contributed by atoms with Gasteiger partial charge in [0, 0.05) is 4.88 Å². The average Bonchev–Trinajstić information content (AvgIpc) is 3.50. The third-order valence-electron chi connectivity index (χ3n) is 6.21. The van der Waals surface area contributed by atoms with Gasteiger partial charge in [0.1, 0.15) is 10.5 Å². The number of hydrogen-bond acceptors (Lipinski definition) is 8. The Bertz CT molecular complexity index is 1450. The van der Waals surface area contributed by atoms with Gasteiger partial charge in [0.2, 0.25) is 5.89 Å². The van der Waals surface area contributed by atoms with E-state index >= 15 is 0 Å². The van der Waals surface area contributed by atoms with E-state index in [1.165, 1.54) is 18.3 Å². The van der Waals surface area contributed by atoms with Gasteiger partial charge in [-0.1, -0.05) is 24.3 Å². The van der Waals surface area contributed by atoms with Gasteiger partial charge in [-0.2, -0.15) is 0 Å². The number of aromatic nitrogens is 1. The number of thiophene rings is 1. The van der Waals surface area contributed by atoms with Crippen molar-refractivity contribution in [1.29, 1.82) is 0 Å². The maximum Gasteiger partial charge on any atom is 0.341 e. The molecule has 0 aliphatic heterocycles. The number of amides is 1. The van der Waals surface area contributed by atoms with Crippen LogP contribution in [-0.4, -0.2) is 35.5 Å². The molecule has 0 saturated carbocycles. The number of oxazole rings is 1. The number of esters is 2.